The number of halogens is 2. The summed E-state index contributed by atoms with van der Waals surface area (Å²) in [7, 11) is 3.11. The van der Waals surface area contributed by atoms with Gasteiger partial charge in [-0.05, 0) is 71.1 Å². The maximum atomic E-state index is 13.7. The summed E-state index contributed by atoms with van der Waals surface area (Å²) in [4.78, 5) is 27.2. The van der Waals surface area contributed by atoms with E-state index in [2.05, 4.69) is 40.4 Å². The van der Waals surface area contributed by atoms with Crippen molar-refractivity contribution in [3.63, 3.8) is 0 Å². The molecule has 0 aromatic heterocycles. The Bertz CT molecular complexity index is 1260. The van der Waals surface area contributed by atoms with Crippen molar-refractivity contribution < 1.29 is 23.5 Å². The van der Waals surface area contributed by atoms with Crippen molar-refractivity contribution in [1.29, 1.82) is 0 Å². The molecule has 0 fully saturated rings. The van der Waals surface area contributed by atoms with Crippen molar-refractivity contribution in [1.82, 2.24) is 5.32 Å². The average molecular weight is 543 g/mol. The number of carbonyl (C=O) groups excluding carboxylic acids is 2. The van der Waals surface area contributed by atoms with Crippen LogP contribution in [0.25, 0.3) is 0 Å². The molecule has 0 unspecified atom stereocenters. The molecule has 1 aliphatic heterocycles. The molecule has 1 heterocycles. The van der Waals surface area contributed by atoms with Crippen LogP contribution in [0, 0.1) is 11.2 Å². The van der Waals surface area contributed by atoms with E-state index >= 15 is 0 Å². The molecule has 4 rings (SSSR count). The van der Waals surface area contributed by atoms with E-state index in [0.717, 1.165) is 5.70 Å². The van der Waals surface area contributed by atoms with Crippen molar-refractivity contribution in [3.05, 3.63) is 74.8 Å². The molecule has 2 aromatic rings. The van der Waals surface area contributed by atoms with Gasteiger partial charge in [-0.2, -0.15) is 0 Å². The van der Waals surface area contributed by atoms with Crippen LogP contribution in [-0.4, -0.2) is 25.9 Å². The summed E-state index contributed by atoms with van der Waals surface area (Å²) in [5.74, 6) is -0.397. The Morgan fingerprint density at radius 1 is 1.11 bits per heavy atom. The molecule has 1 atom stereocenters. The fourth-order valence-electron chi connectivity index (χ4n) is 4.89. The minimum absolute atomic E-state index is 0.0164. The molecule has 1 aliphatic carbocycles. The number of methoxy groups -OCH3 is 2. The summed E-state index contributed by atoms with van der Waals surface area (Å²) < 4.78 is 25.3. The number of nitrogens with one attached hydrogen (secondary N) is 2. The first kappa shape index (κ1) is 25.0. The normalized spacial score (nSPS) is 19.2. The highest BCUT2D eigenvalue weighted by molar-refractivity contribution is 9.10. The molecule has 2 aliphatic rings. The van der Waals surface area contributed by atoms with Gasteiger partial charge in [-0.3, -0.25) is 9.59 Å². The van der Waals surface area contributed by atoms with E-state index in [1.165, 1.54) is 24.3 Å². The van der Waals surface area contributed by atoms with Gasteiger partial charge in [0.2, 0.25) is 0 Å². The smallest absolute Gasteiger partial charge is 0.254 e. The summed E-state index contributed by atoms with van der Waals surface area (Å²) in [6.45, 7) is 5.94. The summed E-state index contributed by atoms with van der Waals surface area (Å²) in [5.41, 5.74) is 3.30. The number of benzene rings is 2. The van der Waals surface area contributed by atoms with Crippen molar-refractivity contribution >= 4 is 33.3 Å². The van der Waals surface area contributed by atoms with Crippen LogP contribution in [0.15, 0.2) is 63.4 Å². The van der Waals surface area contributed by atoms with Crippen LogP contribution in [0.1, 0.15) is 45.1 Å². The molecule has 0 spiro atoms. The quantitative estimate of drug-likeness (QED) is 0.495. The fourth-order valence-corrected chi connectivity index (χ4v) is 5.37. The van der Waals surface area contributed by atoms with Crippen molar-refractivity contribution in [3.8, 4) is 11.5 Å². The number of rotatable bonds is 5. The van der Waals surface area contributed by atoms with Crippen LogP contribution >= 0.6 is 15.9 Å². The number of dihydropyridines is 1. The van der Waals surface area contributed by atoms with Gasteiger partial charge in [-0.1, -0.05) is 13.8 Å². The molecule has 0 saturated heterocycles. The Morgan fingerprint density at radius 3 is 2.40 bits per heavy atom. The molecular formula is C27H28BrFN2O4. The second kappa shape index (κ2) is 9.49. The molecule has 1 amide bonds. The van der Waals surface area contributed by atoms with Gasteiger partial charge < -0.3 is 20.1 Å². The Balaban J connectivity index is 1.90. The van der Waals surface area contributed by atoms with Crippen LogP contribution in [0.3, 0.4) is 0 Å². The third-order valence-electron chi connectivity index (χ3n) is 6.40. The molecule has 2 N–H and O–H groups in total. The van der Waals surface area contributed by atoms with Crippen LogP contribution < -0.4 is 20.1 Å². The Morgan fingerprint density at radius 2 is 1.77 bits per heavy atom. The molecule has 0 radical (unpaired) electrons. The van der Waals surface area contributed by atoms with Gasteiger partial charge in [0, 0.05) is 40.2 Å². The van der Waals surface area contributed by atoms with E-state index in [1.54, 1.807) is 26.4 Å². The average Bonchev–Trinajstić information content (AvgIpc) is 2.78. The van der Waals surface area contributed by atoms with E-state index in [1.807, 2.05) is 6.92 Å². The predicted molar refractivity (Wildman–Crippen MR) is 136 cm³/mol. The van der Waals surface area contributed by atoms with E-state index in [-0.39, 0.29) is 17.1 Å². The standard InChI is InChI=1S/C27H28BrFN2O4/c1-14-23(26(33)31-16-8-6-15(29)7-9-16)24(17-10-22(35-5)18(28)11-21(17)34-4)25-19(30-14)12-27(2,3)13-20(25)32/h6-11,24,30H,12-13H2,1-5H3,(H,31,33)/t24-/m1/s1. The minimum Gasteiger partial charge on any atom is -0.496 e. The van der Waals surface area contributed by atoms with Gasteiger partial charge in [0.05, 0.1) is 24.6 Å². The van der Waals surface area contributed by atoms with Gasteiger partial charge in [-0.25, -0.2) is 4.39 Å². The third kappa shape index (κ3) is 4.85. The first-order valence-corrected chi connectivity index (χ1v) is 12.1. The highest BCUT2D eigenvalue weighted by atomic mass is 79.9. The number of amides is 1. The number of ether oxygens (including phenoxy) is 2. The molecule has 184 valence electrons. The summed E-state index contributed by atoms with van der Waals surface area (Å²) >= 11 is 3.49. The summed E-state index contributed by atoms with van der Waals surface area (Å²) in [6, 6.07) is 9.13. The fraction of sp³-hybridized carbons (Fsp3) is 0.333. The van der Waals surface area contributed by atoms with E-state index in [4.69, 9.17) is 9.47 Å². The van der Waals surface area contributed by atoms with Gasteiger partial charge in [0.1, 0.15) is 17.3 Å². The number of anilines is 1. The van der Waals surface area contributed by atoms with Crippen LogP contribution in [0.5, 0.6) is 11.5 Å². The van der Waals surface area contributed by atoms with Crippen LogP contribution in [0.4, 0.5) is 10.1 Å². The van der Waals surface area contributed by atoms with Gasteiger partial charge in [-0.15, -0.1) is 0 Å². The van der Waals surface area contributed by atoms with E-state index < -0.39 is 11.7 Å². The number of hydrogen-bond acceptors (Lipinski definition) is 5. The highest BCUT2D eigenvalue weighted by Crippen LogP contribution is 2.50. The first-order valence-electron chi connectivity index (χ1n) is 11.3. The Hall–Kier alpha value is -3.13. The number of allylic oxidation sites excluding steroid dienone is 3. The second-order valence-corrected chi connectivity index (χ2v) is 10.5. The summed E-state index contributed by atoms with van der Waals surface area (Å²) in [5, 5.41) is 6.20. The van der Waals surface area contributed by atoms with Crippen molar-refractivity contribution in [2.75, 3.05) is 19.5 Å². The minimum atomic E-state index is -0.674. The lowest BCUT2D eigenvalue weighted by atomic mass is 9.68. The third-order valence-corrected chi connectivity index (χ3v) is 7.02. The SMILES string of the molecule is COc1cc([C@@H]2C(C(=O)Nc3ccc(F)cc3)=C(C)NC3=C2C(=O)CC(C)(C)C3)c(OC)cc1Br. The first-order chi connectivity index (χ1) is 16.5. The lowest BCUT2D eigenvalue weighted by molar-refractivity contribution is -0.118. The van der Waals surface area contributed by atoms with E-state index in [0.29, 0.717) is 56.9 Å². The maximum absolute atomic E-state index is 13.7. The van der Waals surface area contributed by atoms with Gasteiger partial charge in [0.15, 0.2) is 5.78 Å². The molecule has 35 heavy (non-hydrogen) atoms. The maximum Gasteiger partial charge on any atom is 0.254 e. The van der Waals surface area contributed by atoms with E-state index in [9.17, 15) is 14.0 Å². The van der Waals surface area contributed by atoms with Crippen LogP contribution in [-0.2, 0) is 9.59 Å². The number of ketones is 1. The number of carbonyl (C=O) groups is 2. The van der Waals surface area contributed by atoms with Crippen molar-refractivity contribution in [2.24, 2.45) is 5.41 Å². The molecule has 8 heteroatoms. The zero-order valence-electron chi connectivity index (χ0n) is 20.3. The summed E-state index contributed by atoms with van der Waals surface area (Å²) in [6.07, 6.45) is 1.04. The largest absolute Gasteiger partial charge is 0.496 e. The Kier molecular flexibility index (Phi) is 6.77. The molecule has 2 aromatic carbocycles. The predicted octanol–water partition coefficient (Wildman–Crippen LogP) is 5.85. The topological polar surface area (TPSA) is 76.7 Å². The molecular weight excluding hydrogens is 515 g/mol. The zero-order valence-corrected chi connectivity index (χ0v) is 21.9. The molecule has 6 nitrogen and oxygen atoms in total. The highest BCUT2D eigenvalue weighted by Gasteiger charge is 2.43. The zero-order chi connectivity index (χ0) is 25.5. The number of Topliss-reactive ketones (excluding diaryl/α,β-unsaturated/α-hetero) is 1. The molecule has 0 bridgehead atoms. The lowest BCUT2D eigenvalue weighted by Gasteiger charge is -2.40. The molecule has 0 saturated carbocycles. The monoisotopic (exact) mass is 542 g/mol. The van der Waals surface area contributed by atoms with Gasteiger partial charge >= 0.3 is 0 Å². The Labute approximate surface area is 212 Å². The van der Waals surface area contributed by atoms with Crippen molar-refractivity contribution in [2.45, 2.75) is 39.5 Å². The van der Waals surface area contributed by atoms with Crippen LogP contribution in [0.2, 0.25) is 0 Å². The number of hydrogen-bond donors (Lipinski definition) is 2. The second-order valence-electron chi connectivity index (χ2n) is 9.62. The lowest BCUT2D eigenvalue weighted by Crippen LogP contribution is -2.39. The van der Waals surface area contributed by atoms with Gasteiger partial charge in [0.25, 0.3) is 5.91 Å².